The minimum Gasteiger partial charge on any atom is -0.508 e. The number of fused-ring (bicyclic) bond motifs is 4. The molecule has 0 aromatic heterocycles. The third kappa shape index (κ3) is 4.30. The first-order valence-electron chi connectivity index (χ1n) is 14.9. The maximum absolute atomic E-state index is 14.3. The molecule has 1 saturated carbocycles. The lowest BCUT2D eigenvalue weighted by atomic mass is 9.56. The van der Waals surface area contributed by atoms with Gasteiger partial charge in [-0.25, -0.2) is 0 Å². The number of hydrogen-bond acceptors (Lipinski definition) is 7. The zero-order chi connectivity index (χ0) is 33.4. The Morgan fingerprint density at radius 3 is 2.26 bits per heavy atom. The van der Waals surface area contributed by atoms with Crippen molar-refractivity contribution in [3.05, 3.63) is 101 Å². The number of methoxy groups -OCH3 is 1. The van der Waals surface area contributed by atoms with Crippen LogP contribution in [0.4, 0.5) is 5.69 Å². The molecule has 2 aliphatic carbocycles. The molecule has 0 radical (unpaired) electrons. The number of alkyl halides is 3. The summed E-state index contributed by atoms with van der Waals surface area (Å²) in [6.45, 7) is 0. The highest BCUT2D eigenvalue weighted by molar-refractivity contribution is 9.09. The highest BCUT2D eigenvalue weighted by atomic mass is 79.9. The van der Waals surface area contributed by atoms with E-state index in [9.17, 15) is 29.1 Å². The maximum atomic E-state index is 14.3. The molecule has 0 unspecified atom stereocenters. The summed E-state index contributed by atoms with van der Waals surface area (Å²) in [6, 6.07) is 19.6. The third-order valence-corrected chi connectivity index (χ3v) is 11.9. The lowest BCUT2D eigenvalue weighted by Gasteiger charge is -2.50. The lowest BCUT2D eigenvalue weighted by molar-refractivity contribution is -0.138. The van der Waals surface area contributed by atoms with E-state index in [-0.39, 0.29) is 41.1 Å². The Bertz CT molecular complexity index is 1900. The van der Waals surface area contributed by atoms with Crippen molar-refractivity contribution in [1.82, 2.24) is 4.90 Å². The van der Waals surface area contributed by atoms with Crippen LogP contribution in [0, 0.1) is 17.8 Å². The average Bonchev–Trinajstić information content (AvgIpc) is 3.42. The standard InChI is InChI=1S/C35H27BrCl2N2O7/c1-47-25-9-5-8-24(41)27(25)28-21-14-15-22-26(23(21)16-34(37)32(45)39(17-36)33(46)35(28,34)38)31(44)40(30(22)43)20-12-10-19(11-13-20)29(42)18-6-3-2-4-7-18/h2-14,22-23,26,28,41H,15-17H2,1H3/t22-,23+,26-,28+,34+,35-/m0/s1. The van der Waals surface area contributed by atoms with Crippen molar-refractivity contribution in [2.45, 2.75) is 28.5 Å². The molecule has 3 aromatic rings. The molecule has 6 atom stereocenters. The van der Waals surface area contributed by atoms with Crippen molar-refractivity contribution in [3.63, 3.8) is 0 Å². The summed E-state index contributed by atoms with van der Waals surface area (Å²) >= 11 is 17.7. The first kappa shape index (κ1) is 31.6. The molecule has 240 valence electrons. The third-order valence-electron chi connectivity index (χ3n) is 9.99. The number of anilines is 1. The summed E-state index contributed by atoms with van der Waals surface area (Å²) in [5.74, 6) is -6.23. The molecule has 2 aliphatic heterocycles. The number of halogens is 3. The van der Waals surface area contributed by atoms with Gasteiger partial charge in [0.15, 0.2) is 15.5 Å². The normalized spacial score (nSPS) is 29.7. The second-order valence-electron chi connectivity index (χ2n) is 12.1. The fraction of sp³-hybridized carbons (Fsp3) is 0.286. The summed E-state index contributed by atoms with van der Waals surface area (Å²) in [4.78, 5) is 67.0. The van der Waals surface area contributed by atoms with Crippen LogP contribution in [0.15, 0.2) is 84.4 Å². The molecule has 0 spiro atoms. The number of allylic oxidation sites excluding steroid dienone is 2. The quantitative estimate of drug-likeness (QED) is 0.116. The molecule has 3 aromatic carbocycles. The van der Waals surface area contributed by atoms with Crippen LogP contribution in [0.2, 0.25) is 0 Å². The van der Waals surface area contributed by atoms with Gasteiger partial charge >= 0.3 is 0 Å². The molecule has 1 N–H and O–H groups in total. The molecule has 12 heteroatoms. The molecular formula is C35H27BrCl2N2O7. The van der Waals surface area contributed by atoms with Gasteiger partial charge in [0.2, 0.25) is 11.8 Å². The van der Waals surface area contributed by atoms with Crippen LogP contribution in [0.5, 0.6) is 11.5 Å². The first-order chi connectivity index (χ1) is 22.5. The molecule has 9 nitrogen and oxygen atoms in total. The average molecular weight is 738 g/mol. The summed E-state index contributed by atoms with van der Waals surface area (Å²) in [7, 11) is 1.40. The van der Waals surface area contributed by atoms with Gasteiger partial charge < -0.3 is 9.84 Å². The summed E-state index contributed by atoms with van der Waals surface area (Å²) < 4.78 is 5.59. The molecule has 4 amide bonds. The fourth-order valence-electron chi connectivity index (χ4n) is 7.84. The van der Waals surface area contributed by atoms with Gasteiger partial charge in [0.1, 0.15) is 11.5 Å². The van der Waals surface area contributed by atoms with Crippen LogP contribution in [-0.4, -0.2) is 61.7 Å². The smallest absolute Gasteiger partial charge is 0.254 e. The number of likely N-dealkylation sites (tertiary alicyclic amines) is 1. The van der Waals surface area contributed by atoms with Crippen molar-refractivity contribution >= 4 is 74.2 Å². The van der Waals surface area contributed by atoms with Gasteiger partial charge in [-0.15, -0.1) is 23.2 Å². The molecule has 0 bridgehead atoms. The molecular weight excluding hydrogens is 711 g/mol. The van der Waals surface area contributed by atoms with E-state index in [2.05, 4.69) is 15.9 Å². The van der Waals surface area contributed by atoms with Crippen LogP contribution in [0.3, 0.4) is 0 Å². The van der Waals surface area contributed by atoms with Crippen molar-refractivity contribution in [2.24, 2.45) is 17.8 Å². The highest BCUT2D eigenvalue weighted by Crippen LogP contribution is 2.67. The lowest BCUT2D eigenvalue weighted by Crippen LogP contribution is -2.60. The number of carbonyl (C=O) groups excluding carboxylic acids is 5. The predicted molar refractivity (Wildman–Crippen MR) is 177 cm³/mol. The summed E-state index contributed by atoms with van der Waals surface area (Å²) in [5.41, 5.74) is 1.74. The number of phenolic OH excluding ortho intramolecular Hbond substituents is 1. The number of ether oxygens (including phenoxy) is 1. The zero-order valence-corrected chi connectivity index (χ0v) is 28.0. The summed E-state index contributed by atoms with van der Waals surface area (Å²) in [5, 5.41) is 11.2. The van der Waals surface area contributed by atoms with Gasteiger partial charge in [0.05, 0.1) is 30.1 Å². The van der Waals surface area contributed by atoms with E-state index in [1.807, 2.05) is 6.07 Å². The Morgan fingerprint density at radius 1 is 0.915 bits per heavy atom. The minimum absolute atomic E-state index is 0.154. The van der Waals surface area contributed by atoms with E-state index in [1.54, 1.807) is 66.7 Å². The highest BCUT2D eigenvalue weighted by Gasteiger charge is 2.76. The van der Waals surface area contributed by atoms with E-state index in [0.29, 0.717) is 22.4 Å². The van der Waals surface area contributed by atoms with E-state index in [1.165, 1.54) is 13.2 Å². The van der Waals surface area contributed by atoms with E-state index in [4.69, 9.17) is 27.9 Å². The second kappa shape index (κ2) is 11.3. The number of amides is 4. The first-order valence-corrected chi connectivity index (χ1v) is 16.8. The van der Waals surface area contributed by atoms with E-state index < -0.39 is 57.0 Å². The van der Waals surface area contributed by atoms with Gasteiger partial charge in [-0.2, -0.15) is 0 Å². The van der Waals surface area contributed by atoms with Crippen molar-refractivity contribution in [2.75, 3.05) is 17.5 Å². The molecule has 4 aliphatic rings. The van der Waals surface area contributed by atoms with Gasteiger partial charge in [0, 0.05) is 22.6 Å². The maximum Gasteiger partial charge on any atom is 0.254 e. The minimum atomic E-state index is -2.08. The van der Waals surface area contributed by atoms with E-state index in [0.717, 1.165) is 9.80 Å². The Morgan fingerprint density at radius 2 is 1.60 bits per heavy atom. The van der Waals surface area contributed by atoms with Gasteiger partial charge in [-0.3, -0.25) is 33.8 Å². The Labute approximate surface area is 288 Å². The second-order valence-corrected chi connectivity index (χ2v) is 13.9. The fourth-order valence-corrected chi connectivity index (χ4v) is 9.25. The SMILES string of the molecule is COc1cccc(O)c1[C@H]1C2=CC[C@@H]3C(=O)N(c4ccc(C(=O)c5ccccc5)cc4)C(=O)[C@@H]3[C@@H]2C[C@@]2(Cl)C(=O)N(CBr)C(=O)[C@@]12Cl. The number of rotatable bonds is 6. The predicted octanol–water partition coefficient (Wildman–Crippen LogP) is 5.55. The molecule has 2 heterocycles. The van der Waals surface area contributed by atoms with Crippen LogP contribution in [0.25, 0.3) is 0 Å². The van der Waals surface area contributed by atoms with Gasteiger partial charge in [-0.1, -0.05) is 64.0 Å². The van der Waals surface area contributed by atoms with Crippen LogP contribution in [-0.2, 0) is 19.2 Å². The van der Waals surface area contributed by atoms with Crippen molar-refractivity contribution < 1.29 is 33.8 Å². The molecule has 2 saturated heterocycles. The topological polar surface area (TPSA) is 121 Å². The number of phenols is 1. The van der Waals surface area contributed by atoms with Crippen LogP contribution < -0.4 is 9.64 Å². The molecule has 47 heavy (non-hydrogen) atoms. The number of aromatic hydroxyl groups is 1. The number of benzene rings is 3. The zero-order valence-electron chi connectivity index (χ0n) is 24.9. The van der Waals surface area contributed by atoms with Crippen molar-refractivity contribution in [1.29, 1.82) is 0 Å². The van der Waals surface area contributed by atoms with Crippen molar-refractivity contribution in [3.8, 4) is 11.5 Å². The van der Waals surface area contributed by atoms with Gasteiger partial charge in [0.25, 0.3) is 11.8 Å². The van der Waals surface area contributed by atoms with Gasteiger partial charge in [-0.05, 0) is 55.2 Å². The number of hydrogen-bond donors (Lipinski definition) is 1. The van der Waals surface area contributed by atoms with Crippen LogP contribution >= 0.6 is 39.1 Å². The number of imide groups is 2. The Balaban J connectivity index is 1.31. The molecule has 7 rings (SSSR count). The Kier molecular flexibility index (Phi) is 7.61. The Hall–Kier alpha value is -3.99. The monoisotopic (exact) mass is 736 g/mol. The largest absolute Gasteiger partial charge is 0.508 e. The number of nitrogens with zero attached hydrogens (tertiary/aromatic N) is 2. The number of ketones is 1. The van der Waals surface area contributed by atoms with Crippen LogP contribution in [0.1, 0.15) is 40.2 Å². The summed E-state index contributed by atoms with van der Waals surface area (Å²) in [6.07, 6.45) is 1.75. The van der Waals surface area contributed by atoms with E-state index >= 15 is 0 Å². The molecule has 3 fully saturated rings. The number of carbonyl (C=O) groups is 5.